The number of aryl methyl sites for hydroxylation is 2. The van der Waals surface area contributed by atoms with Crippen LogP contribution in [0.5, 0.6) is 0 Å². The van der Waals surface area contributed by atoms with Gasteiger partial charge in [-0.2, -0.15) is 0 Å². The molecular weight excluding hydrogens is 458 g/mol. The molecular formula is C24H21N3O2S3. The molecule has 1 aromatic heterocycles. The molecule has 32 heavy (non-hydrogen) atoms. The molecule has 1 fully saturated rings. The number of hydrogen-bond acceptors (Lipinski definition) is 6. The number of anilines is 1. The Bertz CT molecular complexity index is 1200. The van der Waals surface area contributed by atoms with Crippen LogP contribution in [0.2, 0.25) is 0 Å². The number of aromatic nitrogens is 1. The molecule has 3 aromatic rings. The van der Waals surface area contributed by atoms with Crippen LogP contribution >= 0.6 is 35.3 Å². The molecule has 5 nitrogen and oxygen atoms in total. The molecule has 1 saturated heterocycles. The molecule has 2 aromatic carbocycles. The second-order valence-electron chi connectivity index (χ2n) is 7.52. The summed E-state index contributed by atoms with van der Waals surface area (Å²) in [5.41, 5.74) is 4.48. The molecule has 0 saturated carbocycles. The summed E-state index contributed by atoms with van der Waals surface area (Å²) in [6.07, 6.45) is 4.32. The average Bonchev–Trinajstić information content (AvgIpc) is 3.30. The normalized spacial score (nSPS) is 14.9. The minimum absolute atomic E-state index is 0.136. The lowest BCUT2D eigenvalue weighted by Gasteiger charge is -2.13. The molecule has 0 atom stereocenters. The van der Waals surface area contributed by atoms with E-state index < -0.39 is 0 Å². The molecule has 0 bridgehead atoms. The lowest BCUT2D eigenvalue weighted by Crippen LogP contribution is -2.36. The number of carbonyl (C=O) groups excluding carboxylic acids is 2. The molecule has 0 unspecified atom stereocenters. The molecule has 0 aliphatic carbocycles. The van der Waals surface area contributed by atoms with Crippen molar-refractivity contribution >= 4 is 62.7 Å². The van der Waals surface area contributed by atoms with Crippen molar-refractivity contribution in [3.63, 3.8) is 0 Å². The van der Waals surface area contributed by atoms with Crippen molar-refractivity contribution in [3.05, 3.63) is 86.8 Å². The van der Waals surface area contributed by atoms with Gasteiger partial charge >= 0.3 is 0 Å². The van der Waals surface area contributed by atoms with E-state index >= 15 is 0 Å². The van der Waals surface area contributed by atoms with E-state index in [9.17, 15) is 9.59 Å². The number of nitrogens with zero attached hydrogens (tertiary/aromatic N) is 2. The minimum Gasteiger partial charge on any atom is -0.300 e. The third-order valence-electron chi connectivity index (χ3n) is 4.85. The first-order valence-corrected chi connectivity index (χ1v) is 12.0. The number of thiazole rings is 1. The Morgan fingerprint density at radius 2 is 1.75 bits per heavy atom. The van der Waals surface area contributed by atoms with Crippen LogP contribution in [0.4, 0.5) is 5.13 Å². The van der Waals surface area contributed by atoms with Crippen LogP contribution in [-0.4, -0.2) is 32.6 Å². The van der Waals surface area contributed by atoms with Gasteiger partial charge in [0.05, 0.1) is 4.91 Å². The molecule has 0 radical (unpaired) electrons. The Labute approximate surface area is 200 Å². The molecule has 1 aliphatic rings. The van der Waals surface area contributed by atoms with Crippen LogP contribution in [0, 0.1) is 13.8 Å². The Hall–Kier alpha value is -2.81. The number of thioether (sulfide) groups is 1. The second kappa shape index (κ2) is 9.77. The van der Waals surface area contributed by atoms with Crippen LogP contribution in [0.1, 0.15) is 27.1 Å². The number of nitrogens with one attached hydrogen (secondary N) is 1. The SMILES string of the molecule is Cc1ccc(C=C2SC(=S)N(CC(=O)Nc3ncc(Cc4ccc(C)cc4)s3)C2=O)cc1. The maximum Gasteiger partial charge on any atom is 0.266 e. The highest BCUT2D eigenvalue weighted by molar-refractivity contribution is 8.26. The predicted octanol–water partition coefficient (Wildman–Crippen LogP) is 5.19. The fourth-order valence-corrected chi connectivity index (χ4v) is 5.22. The van der Waals surface area contributed by atoms with Crippen molar-refractivity contribution in [2.75, 3.05) is 11.9 Å². The van der Waals surface area contributed by atoms with Crippen molar-refractivity contribution in [1.82, 2.24) is 9.88 Å². The largest absolute Gasteiger partial charge is 0.300 e. The molecule has 2 heterocycles. The Morgan fingerprint density at radius 3 is 2.44 bits per heavy atom. The molecule has 4 rings (SSSR count). The van der Waals surface area contributed by atoms with Gasteiger partial charge in [-0.1, -0.05) is 83.6 Å². The summed E-state index contributed by atoms with van der Waals surface area (Å²) in [6.45, 7) is 3.93. The number of carbonyl (C=O) groups is 2. The minimum atomic E-state index is -0.325. The van der Waals surface area contributed by atoms with Gasteiger partial charge in [-0.3, -0.25) is 14.5 Å². The highest BCUT2D eigenvalue weighted by Gasteiger charge is 2.33. The van der Waals surface area contributed by atoms with E-state index in [1.165, 1.54) is 39.1 Å². The fraction of sp³-hybridized carbons (Fsp3) is 0.167. The van der Waals surface area contributed by atoms with Crippen molar-refractivity contribution < 1.29 is 9.59 Å². The first kappa shape index (κ1) is 22.4. The lowest BCUT2D eigenvalue weighted by molar-refractivity contribution is -0.126. The van der Waals surface area contributed by atoms with Crippen molar-refractivity contribution in [2.45, 2.75) is 20.3 Å². The van der Waals surface area contributed by atoms with Gasteiger partial charge in [0.25, 0.3) is 5.91 Å². The van der Waals surface area contributed by atoms with Gasteiger partial charge in [0.1, 0.15) is 10.9 Å². The molecule has 1 aliphatic heterocycles. The number of rotatable bonds is 6. The third kappa shape index (κ3) is 5.51. The summed E-state index contributed by atoms with van der Waals surface area (Å²) in [7, 11) is 0. The molecule has 0 spiro atoms. The van der Waals surface area contributed by atoms with Gasteiger partial charge in [0.15, 0.2) is 5.13 Å². The van der Waals surface area contributed by atoms with E-state index in [0.29, 0.717) is 14.4 Å². The fourth-order valence-electron chi connectivity index (χ4n) is 3.11. The lowest BCUT2D eigenvalue weighted by atomic mass is 10.1. The monoisotopic (exact) mass is 479 g/mol. The summed E-state index contributed by atoms with van der Waals surface area (Å²) in [5, 5.41) is 3.29. The summed E-state index contributed by atoms with van der Waals surface area (Å²) in [5.74, 6) is -0.580. The summed E-state index contributed by atoms with van der Waals surface area (Å²) in [6, 6.07) is 16.2. The molecule has 8 heteroatoms. The number of thiocarbonyl (C=S) groups is 1. The number of benzene rings is 2. The van der Waals surface area contributed by atoms with E-state index in [1.54, 1.807) is 12.3 Å². The second-order valence-corrected chi connectivity index (χ2v) is 10.3. The maximum atomic E-state index is 12.8. The van der Waals surface area contributed by atoms with Crippen molar-refractivity contribution in [2.24, 2.45) is 0 Å². The predicted molar refractivity (Wildman–Crippen MR) is 136 cm³/mol. The zero-order valence-electron chi connectivity index (χ0n) is 17.6. The van der Waals surface area contributed by atoms with Crippen LogP contribution in [0.25, 0.3) is 6.08 Å². The average molecular weight is 480 g/mol. The quantitative estimate of drug-likeness (QED) is 0.389. The molecule has 2 amide bonds. The van der Waals surface area contributed by atoms with Crippen molar-refractivity contribution in [1.29, 1.82) is 0 Å². The molecule has 1 N–H and O–H groups in total. The highest BCUT2D eigenvalue weighted by Crippen LogP contribution is 2.32. The van der Waals surface area contributed by atoms with Crippen LogP contribution in [0.3, 0.4) is 0 Å². The highest BCUT2D eigenvalue weighted by atomic mass is 32.2. The smallest absolute Gasteiger partial charge is 0.266 e. The van der Waals surface area contributed by atoms with E-state index in [2.05, 4.69) is 41.5 Å². The van der Waals surface area contributed by atoms with Crippen LogP contribution in [0.15, 0.2) is 59.6 Å². The van der Waals surface area contributed by atoms with E-state index in [-0.39, 0.29) is 18.4 Å². The van der Waals surface area contributed by atoms with E-state index in [4.69, 9.17) is 12.2 Å². The van der Waals surface area contributed by atoms with Crippen molar-refractivity contribution in [3.8, 4) is 0 Å². The first-order valence-electron chi connectivity index (χ1n) is 9.99. The maximum absolute atomic E-state index is 12.8. The summed E-state index contributed by atoms with van der Waals surface area (Å²) < 4.78 is 0.378. The Morgan fingerprint density at radius 1 is 1.09 bits per heavy atom. The van der Waals surface area contributed by atoms with Gasteiger partial charge in [0, 0.05) is 17.5 Å². The Balaban J connectivity index is 1.36. The number of hydrogen-bond donors (Lipinski definition) is 1. The van der Waals surface area contributed by atoms with Gasteiger partial charge in [0.2, 0.25) is 5.91 Å². The van der Waals surface area contributed by atoms with E-state index in [0.717, 1.165) is 22.4 Å². The number of amides is 2. The topological polar surface area (TPSA) is 62.3 Å². The zero-order chi connectivity index (χ0) is 22.7. The summed E-state index contributed by atoms with van der Waals surface area (Å²) in [4.78, 5) is 32.5. The van der Waals surface area contributed by atoms with Gasteiger partial charge in [-0.25, -0.2) is 4.98 Å². The van der Waals surface area contributed by atoms with E-state index in [1.807, 2.05) is 31.2 Å². The summed E-state index contributed by atoms with van der Waals surface area (Å²) >= 11 is 7.97. The zero-order valence-corrected chi connectivity index (χ0v) is 20.1. The standard InChI is InChI=1S/C24H21N3O2S3/c1-15-3-7-17(8-4-15)11-19-13-25-23(31-19)26-21(28)14-27-22(29)20(32-24(27)30)12-18-9-5-16(2)6-10-18/h3-10,12-13H,11,14H2,1-2H3,(H,25,26,28). The van der Waals surface area contributed by atoms with Gasteiger partial charge in [-0.05, 0) is 31.1 Å². The van der Waals surface area contributed by atoms with Crippen LogP contribution in [-0.2, 0) is 16.0 Å². The first-order chi connectivity index (χ1) is 15.4. The van der Waals surface area contributed by atoms with Gasteiger partial charge in [-0.15, -0.1) is 11.3 Å². The third-order valence-corrected chi connectivity index (χ3v) is 7.14. The molecule has 162 valence electrons. The van der Waals surface area contributed by atoms with Crippen LogP contribution < -0.4 is 5.32 Å². The van der Waals surface area contributed by atoms with Gasteiger partial charge < -0.3 is 5.32 Å². The Kier molecular flexibility index (Phi) is 6.83.